The van der Waals surface area contributed by atoms with Crippen molar-refractivity contribution in [3.63, 3.8) is 0 Å². The van der Waals surface area contributed by atoms with Gasteiger partial charge in [0.15, 0.2) is 5.96 Å². The van der Waals surface area contributed by atoms with Crippen LogP contribution in [0.3, 0.4) is 0 Å². The Morgan fingerprint density at radius 2 is 1.96 bits per heavy atom. The first-order chi connectivity index (χ1) is 13.3. The molecule has 2 aliphatic heterocycles. The van der Waals surface area contributed by atoms with E-state index in [4.69, 9.17) is 14.2 Å². The number of likely N-dealkylation sites (tertiary alicyclic amines) is 1. The first-order valence-corrected chi connectivity index (χ1v) is 10.1. The second kappa shape index (κ2) is 10.5. The maximum Gasteiger partial charge on any atom is 0.193 e. The van der Waals surface area contributed by atoms with E-state index in [0.29, 0.717) is 12.2 Å². The van der Waals surface area contributed by atoms with Gasteiger partial charge in [-0.1, -0.05) is 12.1 Å². The zero-order chi connectivity index (χ0) is 18.9. The van der Waals surface area contributed by atoms with Gasteiger partial charge in [0.2, 0.25) is 0 Å². The molecule has 0 amide bonds. The lowest BCUT2D eigenvalue weighted by atomic mass is 10.1. The molecular weight excluding hydrogens is 342 g/mol. The summed E-state index contributed by atoms with van der Waals surface area (Å²) < 4.78 is 17.1. The van der Waals surface area contributed by atoms with Gasteiger partial charge in [0.05, 0.1) is 25.9 Å². The van der Waals surface area contributed by atoms with Crippen LogP contribution in [0.25, 0.3) is 0 Å². The Kier molecular flexibility index (Phi) is 7.78. The van der Waals surface area contributed by atoms with Crippen molar-refractivity contribution in [2.75, 3.05) is 40.5 Å². The minimum atomic E-state index is 0.302. The Morgan fingerprint density at radius 3 is 2.59 bits per heavy atom. The highest BCUT2D eigenvalue weighted by molar-refractivity contribution is 5.79. The molecule has 6 nitrogen and oxygen atoms in total. The highest BCUT2D eigenvalue weighted by Crippen LogP contribution is 2.18. The Bertz CT molecular complexity index is 577. The zero-order valence-electron chi connectivity index (χ0n) is 16.7. The second-order valence-corrected chi connectivity index (χ2v) is 7.26. The van der Waals surface area contributed by atoms with E-state index in [1.807, 2.05) is 19.2 Å². The molecule has 150 valence electrons. The number of aliphatic imine (C=N–C) groups is 1. The van der Waals surface area contributed by atoms with Crippen LogP contribution in [0.15, 0.2) is 29.3 Å². The number of nitrogens with one attached hydrogen (secondary N) is 1. The summed E-state index contributed by atoms with van der Waals surface area (Å²) >= 11 is 0. The molecule has 0 aromatic heterocycles. The Labute approximate surface area is 162 Å². The summed E-state index contributed by atoms with van der Waals surface area (Å²) in [5, 5.41) is 3.47. The number of nitrogens with zero attached hydrogens (tertiary/aromatic N) is 2. The molecule has 2 heterocycles. The summed E-state index contributed by atoms with van der Waals surface area (Å²) in [7, 11) is 3.53. The third kappa shape index (κ3) is 6.11. The molecular formula is C21H33N3O3. The summed E-state index contributed by atoms with van der Waals surface area (Å²) in [6, 6.07) is 8.12. The van der Waals surface area contributed by atoms with Crippen LogP contribution in [0.4, 0.5) is 0 Å². The molecule has 0 radical (unpaired) electrons. The molecule has 1 N–H and O–H groups in total. The first kappa shape index (κ1) is 20.0. The fraction of sp³-hybridized carbons (Fsp3) is 0.667. The summed E-state index contributed by atoms with van der Waals surface area (Å²) in [6.45, 7) is 4.33. The molecule has 2 aliphatic rings. The van der Waals surface area contributed by atoms with Gasteiger partial charge in [0.1, 0.15) is 5.75 Å². The Morgan fingerprint density at radius 1 is 1.19 bits per heavy atom. The van der Waals surface area contributed by atoms with Crippen molar-refractivity contribution < 1.29 is 14.2 Å². The molecule has 2 fully saturated rings. The van der Waals surface area contributed by atoms with E-state index >= 15 is 0 Å². The monoisotopic (exact) mass is 375 g/mol. The van der Waals surface area contributed by atoms with E-state index < -0.39 is 0 Å². The van der Waals surface area contributed by atoms with E-state index in [1.54, 1.807) is 7.11 Å². The lowest BCUT2D eigenvalue weighted by Crippen LogP contribution is -2.47. The van der Waals surface area contributed by atoms with Crippen molar-refractivity contribution in [3.05, 3.63) is 29.8 Å². The summed E-state index contributed by atoms with van der Waals surface area (Å²) in [6.07, 6.45) is 6.31. The highest BCUT2D eigenvalue weighted by atomic mass is 16.5. The van der Waals surface area contributed by atoms with E-state index in [1.165, 1.54) is 18.4 Å². The maximum atomic E-state index is 6.11. The van der Waals surface area contributed by atoms with Crippen LogP contribution in [0, 0.1) is 0 Å². The van der Waals surface area contributed by atoms with Crippen molar-refractivity contribution in [2.45, 2.75) is 50.9 Å². The number of rotatable bonds is 6. The molecule has 0 saturated carbocycles. The average molecular weight is 376 g/mol. The van der Waals surface area contributed by atoms with Gasteiger partial charge in [-0.2, -0.15) is 0 Å². The minimum Gasteiger partial charge on any atom is -0.497 e. The smallest absolute Gasteiger partial charge is 0.193 e. The second-order valence-electron chi connectivity index (χ2n) is 7.26. The van der Waals surface area contributed by atoms with Crippen LogP contribution in [-0.4, -0.2) is 63.5 Å². The Balaban J connectivity index is 1.38. The molecule has 0 bridgehead atoms. The van der Waals surface area contributed by atoms with Crippen LogP contribution in [0.2, 0.25) is 0 Å². The van der Waals surface area contributed by atoms with Gasteiger partial charge in [-0.15, -0.1) is 0 Å². The number of methoxy groups -OCH3 is 1. The van der Waals surface area contributed by atoms with Gasteiger partial charge in [0.25, 0.3) is 0 Å². The first-order valence-electron chi connectivity index (χ1n) is 10.1. The normalized spacial score (nSPS) is 21.9. The molecule has 3 rings (SSSR count). The average Bonchev–Trinajstić information content (AvgIpc) is 2.74. The molecule has 1 atom stereocenters. The van der Waals surface area contributed by atoms with E-state index in [-0.39, 0.29) is 0 Å². The predicted octanol–water partition coefficient (Wildman–Crippen LogP) is 2.82. The molecule has 1 aromatic carbocycles. The van der Waals surface area contributed by atoms with Gasteiger partial charge in [0, 0.05) is 33.3 Å². The number of benzene rings is 1. The summed E-state index contributed by atoms with van der Waals surface area (Å²) in [5.74, 6) is 1.84. The van der Waals surface area contributed by atoms with Gasteiger partial charge < -0.3 is 24.4 Å². The molecule has 0 spiro atoms. The van der Waals surface area contributed by atoms with Crippen molar-refractivity contribution in [1.82, 2.24) is 10.2 Å². The van der Waals surface area contributed by atoms with E-state index in [9.17, 15) is 0 Å². The van der Waals surface area contributed by atoms with Gasteiger partial charge in [-0.3, -0.25) is 4.99 Å². The quantitative estimate of drug-likeness (QED) is 0.612. The largest absolute Gasteiger partial charge is 0.497 e. The van der Waals surface area contributed by atoms with Crippen LogP contribution in [0.1, 0.15) is 37.7 Å². The van der Waals surface area contributed by atoms with Crippen LogP contribution >= 0.6 is 0 Å². The topological polar surface area (TPSA) is 55.3 Å². The molecule has 1 aromatic rings. The van der Waals surface area contributed by atoms with Crippen molar-refractivity contribution in [3.8, 4) is 5.75 Å². The number of piperidine rings is 1. The fourth-order valence-electron chi connectivity index (χ4n) is 3.67. The number of ether oxygens (including phenoxy) is 3. The molecule has 6 heteroatoms. The van der Waals surface area contributed by atoms with E-state index in [0.717, 1.165) is 63.8 Å². The minimum absolute atomic E-state index is 0.302. The summed E-state index contributed by atoms with van der Waals surface area (Å²) in [5.41, 5.74) is 1.21. The predicted molar refractivity (Wildman–Crippen MR) is 107 cm³/mol. The fourth-order valence-corrected chi connectivity index (χ4v) is 3.67. The van der Waals surface area contributed by atoms with Crippen LogP contribution < -0.4 is 10.1 Å². The third-order valence-corrected chi connectivity index (χ3v) is 5.35. The highest BCUT2D eigenvalue weighted by Gasteiger charge is 2.23. The van der Waals surface area contributed by atoms with Gasteiger partial charge >= 0.3 is 0 Å². The SMILES string of the molecule is CN=C(NCc1ccc(OC)cc1)N1CCC(OCC2CCCCO2)CC1. The molecule has 2 saturated heterocycles. The lowest BCUT2D eigenvalue weighted by molar-refractivity contribution is -0.0721. The molecule has 1 unspecified atom stereocenters. The number of hydrogen-bond donors (Lipinski definition) is 1. The maximum absolute atomic E-state index is 6.11. The standard InChI is InChI=1S/C21H33N3O3/c1-22-21(23-15-17-6-8-18(25-2)9-7-17)24-12-10-19(11-13-24)27-16-20-5-3-4-14-26-20/h6-9,19-20H,3-5,10-16H2,1-2H3,(H,22,23). The molecule has 27 heavy (non-hydrogen) atoms. The Hall–Kier alpha value is -1.79. The number of hydrogen-bond acceptors (Lipinski definition) is 4. The summed E-state index contributed by atoms with van der Waals surface area (Å²) in [4.78, 5) is 6.77. The third-order valence-electron chi connectivity index (χ3n) is 5.35. The van der Waals surface area contributed by atoms with Crippen molar-refractivity contribution in [1.29, 1.82) is 0 Å². The van der Waals surface area contributed by atoms with Gasteiger partial charge in [-0.05, 0) is 49.8 Å². The number of guanidine groups is 1. The van der Waals surface area contributed by atoms with Crippen molar-refractivity contribution in [2.24, 2.45) is 4.99 Å². The molecule has 0 aliphatic carbocycles. The van der Waals surface area contributed by atoms with Crippen molar-refractivity contribution >= 4 is 5.96 Å². The zero-order valence-corrected chi connectivity index (χ0v) is 16.7. The van der Waals surface area contributed by atoms with Gasteiger partial charge in [-0.25, -0.2) is 0 Å². The van der Waals surface area contributed by atoms with Crippen LogP contribution in [0.5, 0.6) is 5.75 Å². The van der Waals surface area contributed by atoms with Crippen LogP contribution in [-0.2, 0) is 16.0 Å². The van der Waals surface area contributed by atoms with E-state index in [2.05, 4.69) is 27.3 Å². The lowest BCUT2D eigenvalue weighted by Gasteiger charge is -2.35.